The molecule has 2 aromatic rings. The van der Waals surface area contributed by atoms with Crippen molar-refractivity contribution in [1.82, 2.24) is 14.5 Å². The van der Waals surface area contributed by atoms with Crippen LogP contribution < -0.4 is 5.32 Å². The van der Waals surface area contributed by atoms with Crippen LogP contribution in [0.1, 0.15) is 12.0 Å². The standard InChI is InChI=1S/C21H23F2N3O4S/c22-17-6-7-19(18(23)15-17)31(29,30)26-12-10-25(11-13-26)21(28)8-9-24-20(27)14-16-4-2-1-3-5-16/h1-7,15H,8-14H2,(H,24,27). The first-order valence-corrected chi connectivity index (χ1v) is 11.2. The molecule has 1 fully saturated rings. The van der Waals surface area contributed by atoms with Crippen LogP contribution in [0.3, 0.4) is 0 Å². The molecule has 0 atom stereocenters. The molecule has 1 saturated heterocycles. The number of nitrogens with one attached hydrogen (secondary N) is 1. The summed E-state index contributed by atoms with van der Waals surface area (Å²) < 4.78 is 53.3. The van der Waals surface area contributed by atoms with Crippen LogP contribution in [0.25, 0.3) is 0 Å². The Morgan fingerprint density at radius 2 is 1.65 bits per heavy atom. The van der Waals surface area contributed by atoms with Crippen molar-refractivity contribution in [2.75, 3.05) is 32.7 Å². The van der Waals surface area contributed by atoms with Crippen LogP contribution in [0, 0.1) is 11.6 Å². The maximum absolute atomic E-state index is 13.9. The van der Waals surface area contributed by atoms with E-state index in [-0.39, 0.29) is 57.4 Å². The Hall–Kier alpha value is -2.85. The van der Waals surface area contributed by atoms with Crippen LogP contribution in [-0.2, 0) is 26.0 Å². The lowest BCUT2D eigenvalue weighted by atomic mass is 10.1. The minimum atomic E-state index is -4.12. The molecule has 0 aromatic heterocycles. The van der Waals surface area contributed by atoms with E-state index in [1.54, 1.807) is 0 Å². The number of hydrogen-bond acceptors (Lipinski definition) is 4. The molecule has 1 N–H and O–H groups in total. The Bertz CT molecular complexity index is 1040. The summed E-state index contributed by atoms with van der Waals surface area (Å²) in [6, 6.07) is 11.6. The molecule has 0 unspecified atom stereocenters. The van der Waals surface area contributed by atoms with Crippen molar-refractivity contribution >= 4 is 21.8 Å². The molecule has 1 heterocycles. The zero-order chi connectivity index (χ0) is 22.4. The molecule has 10 heteroatoms. The number of rotatable bonds is 7. The van der Waals surface area contributed by atoms with Crippen molar-refractivity contribution in [1.29, 1.82) is 0 Å². The van der Waals surface area contributed by atoms with Gasteiger partial charge in [0.05, 0.1) is 6.42 Å². The fourth-order valence-corrected chi connectivity index (χ4v) is 4.78. The highest BCUT2D eigenvalue weighted by Crippen LogP contribution is 2.21. The molecule has 31 heavy (non-hydrogen) atoms. The first-order chi connectivity index (χ1) is 14.8. The second-order valence-corrected chi connectivity index (χ2v) is 9.03. The van der Waals surface area contributed by atoms with Gasteiger partial charge in [-0.1, -0.05) is 30.3 Å². The lowest BCUT2D eigenvalue weighted by Gasteiger charge is -2.34. The zero-order valence-electron chi connectivity index (χ0n) is 16.8. The number of carbonyl (C=O) groups excluding carboxylic acids is 2. The van der Waals surface area contributed by atoms with E-state index >= 15 is 0 Å². The molecule has 3 rings (SSSR count). The summed E-state index contributed by atoms with van der Waals surface area (Å²) in [4.78, 5) is 25.2. The summed E-state index contributed by atoms with van der Waals surface area (Å²) in [5.74, 6) is -2.39. The summed E-state index contributed by atoms with van der Waals surface area (Å²) in [5.41, 5.74) is 0.876. The topological polar surface area (TPSA) is 86.8 Å². The summed E-state index contributed by atoms with van der Waals surface area (Å²) in [6.45, 7) is 0.498. The molecule has 1 aliphatic rings. The number of benzene rings is 2. The predicted molar refractivity (Wildman–Crippen MR) is 109 cm³/mol. The summed E-state index contributed by atoms with van der Waals surface area (Å²) >= 11 is 0. The van der Waals surface area contributed by atoms with Gasteiger partial charge in [-0.05, 0) is 17.7 Å². The highest BCUT2D eigenvalue weighted by atomic mass is 32.2. The highest BCUT2D eigenvalue weighted by Gasteiger charge is 2.31. The van der Waals surface area contributed by atoms with Crippen molar-refractivity contribution in [3.8, 4) is 0 Å². The first-order valence-electron chi connectivity index (χ1n) is 9.81. The van der Waals surface area contributed by atoms with Gasteiger partial charge in [0.1, 0.15) is 16.5 Å². The van der Waals surface area contributed by atoms with Crippen molar-refractivity contribution in [2.24, 2.45) is 0 Å². The Morgan fingerprint density at radius 3 is 2.29 bits per heavy atom. The van der Waals surface area contributed by atoms with Gasteiger partial charge in [0.25, 0.3) is 0 Å². The van der Waals surface area contributed by atoms with Gasteiger partial charge in [-0.25, -0.2) is 17.2 Å². The average Bonchev–Trinajstić information content (AvgIpc) is 2.74. The van der Waals surface area contributed by atoms with E-state index in [1.165, 1.54) is 4.90 Å². The number of piperazine rings is 1. The van der Waals surface area contributed by atoms with Crippen molar-refractivity contribution in [3.63, 3.8) is 0 Å². The van der Waals surface area contributed by atoms with Gasteiger partial charge < -0.3 is 10.2 Å². The van der Waals surface area contributed by atoms with Crippen LogP contribution in [0.5, 0.6) is 0 Å². The number of amides is 2. The van der Waals surface area contributed by atoms with Crippen LogP contribution in [0.4, 0.5) is 8.78 Å². The molecule has 0 aliphatic carbocycles. The Balaban J connectivity index is 1.45. The number of halogens is 2. The number of carbonyl (C=O) groups is 2. The lowest BCUT2D eigenvalue weighted by Crippen LogP contribution is -2.51. The summed E-state index contributed by atoms with van der Waals surface area (Å²) in [5, 5.41) is 2.70. The van der Waals surface area contributed by atoms with E-state index in [0.29, 0.717) is 6.07 Å². The van der Waals surface area contributed by atoms with Gasteiger partial charge in [-0.15, -0.1) is 0 Å². The lowest BCUT2D eigenvalue weighted by molar-refractivity contribution is -0.132. The predicted octanol–water partition coefficient (Wildman–Crippen LogP) is 1.55. The molecule has 0 radical (unpaired) electrons. The summed E-state index contributed by atoms with van der Waals surface area (Å²) in [6.07, 6.45) is 0.325. The average molecular weight is 451 g/mol. The van der Waals surface area contributed by atoms with Gasteiger partial charge >= 0.3 is 0 Å². The van der Waals surface area contributed by atoms with Gasteiger partial charge in [0.15, 0.2) is 0 Å². The third-order valence-corrected chi connectivity index (χ3v) is 6.90. The van der Waals surface area contributed by atoms with E-state index < -0.39 is 26.6 Å². The van der Waals surface area contributed by atoms with Crippen molar-refractivity contribution in [3.05, 3.63) is 65.7 Å². The van der Waals surface area contributed by atoms with Crippen LogP contribution >= 0.6 is 0 Å². The van der Waals surface area contributed by atoms with Gasteiger partial charge in [0.2, 0.25) is 21.8 Å². The van der Waals surface area contributed by atoms with E-state index in [1.807, 2.05) is 30.3 Å². The SMILES string of the molecule is O=C(Cc1ccccc1)NCCC(=O)N1CCN(S(=O)(=O)c2ccc(F)cc2F)CC1. The molecule has 1 aliphatic heterocycles. The van der Waals surface area contributed by atoms with Crippen LogP contribution in [0.2, 0.25) is 0 Å². The quantitative estimate of drug-likeness (QED) is 0.692. The third kappa shape index (κ3) is 5.86. The molecule has 2 aromatic carbocycles. The highest BCUT2D eigenvalue weighted by molar-refractivity contribution is 7.89. The monoisotopic (exact) mass is 451 g/mol. The molecule has 166 valence electrons. The van der Waals surface area contributed by atoms with Crippen molar-refractivity contribution in [2.45, 2.75) is 17.7 Å². The Kier molecular flexibility index (Phi) is 7.34. The van der Waals surface area contributed by atoms with Gasteiger partial charge in [-0.2, -0.15) is 4.31 Å². The van der Waals surface area contributed by atoms with Gasteiger partial charge in [-0.3, -0.25) is 9.59 Å². The molecule has 2 amide bonds. The van der Waals surface area contributed by atoms with Crippen molar-refractivity contribution < 1.29 is 26.8 Å². The molecule has 0 bridgehead atoms. The second kappa shape index (κ2) is 9.97. The number of hydrogen-bond donors (Lipinski definition) is 1. The Morgan fingerprint density at radius 1 is 0.968 bits per heavy atom. The molecule has 7 nitrogen and oxygen atoms in total. The molecular weight excluding hydrogens is 428 g/mol. The minimum Gasteiger partial charge on any atom is -0.355 e. The molecule has 0 saturated carbocycles. The van der Waals surface area contributed by atoms with Crippen LogP contribution in [-0.4, -0.2) is 62.2 Å². The first kappa shape index (κ1) is 22.8. The summed E-state index contributed by atoms with van der Waals surface area (Å²) in [7, 11) is -4.12. The second-order valence-electron chi connectivity index (χ2n) is 7.12. The fourth-order valence-electron chi connectivity index (χ4n) is 3.31. The van der Waals surface area contributed by atoms with E-state index in [9.17, 15) is 26.8 Å². The third-order valence-electron chi connectivity index (χ3n) is 4.97. The maximum Gasteiger partial charge on any atom is 0.246 e. The van der Waals surface area contributed by atoms with E-state index in [0.717, 1.165) is 22.0 Å². The number of sulfonamides is 1. The zero-order valence-corrected chi connectivity index (χ0v) is 17.6. The normalized spacial score (nSPS) is 15.0. The Labute approximate surface area is 179 Å². The molecular formula is C21H23F2N3O4S. The fraction of sp³-hybridized carbons (Fsp3) is 0.333. The van der Waals surface area contributed by atoms with Gasteiger partial charge in [0, 0.05) is 45.2 Å². The largest absolute Gasteiger partial charge is 0.355 e. The van der Waals surface area contributed by atoms with E-state index in [2.05, 4.69) is 5.32 Å². The maximum atomic E-state index is 13.9. The number of nitrogens with zero attached hydrogens (tertiary/aromatic N) is 2. The molecule has 0 spiro atoms. The van der Waals surface area contributed by atoms with Crippen LogP contribution in [0.15, 0.2) is 53.4 Å². The minimum absolute atomic E-state index is 0.00521. The van der Waals surface area contributed by atoms with E-state index in [4.69, 9.17) is 0 Å². The smallest absolute Gasteiger partial charge is 0.246 e.